The second-order valence-corrected chi connectivity index (χ2v) is 2.99. The summed E-state index contributed by atoms with van der Waals surface area (Å²) in [5.41, 5.74) is 0.286. The molecule has 0 saturated carbocycles. The lowest BCUT2D eigenvalue weighted by molar-refractivity contribution is -0.139. The first-order valence-corrected chi connectivity index (χ1v) is 4.93. The van der Waals surface area contributed by atoms with Crippen LogP contribution >= 0.6 is 0 Å². The molecular weight excluding hydrogens is 224 g/mol. The average Bonchev–Trinajstić information content (AvgIpc) is 2.38. The largest absolute Gasteiger partial charge is 0.512 e. The number of esters is 1. The van der Waals surface area contributed by atoms with Gasteiger partial charge in [0, 0.05) is 5.56 Å². The van der Waals surface area contributed by atoms with Crippen LogP contribution in [0.1, 0.15) is 10.4 Å². The van der Waals surface area contributed by atoms with Crippen LogP contribution in [-0.4, -0.2) is 30.1 Å². The fraction of sp³-hybridized carbons (Fsp3) is 0.167. The van der Waals surface area contributed by atoms with Gasteiger partial charge in [0.15, 0.2) is 0 Å². The summed E-state index contributed by atoms with van der Waals surface area (Å²) in [6.07, 6.45) is 1.77. The summed E-state index contributed by atoms with van der Waals surface area (Å²) in [4.78, 5) is 22.8. The Morgan fingerprint density at radius 3 is 2.53 bits per heavy atom. The summed E-state index contributed by atoms with van der Waals surface area (Å²) >= 11 is 0. The van der Waals surface area contributed by atoms with Gasteiger partial charge in [0.25, 0.3) is 5.78 Å². The van der Waals surface area contributed by atoms with Crippen LogP contribution in [0.5, 0.6) is 0 Å². The van der Waals surface area contributed by atoms with Gasteiger partial charge >= 0.3 is 5.97 Å². The van der Waals surface area contributed by atoms with Crippen LogP contribution in [0, 0.1) is 0 Å². The molecule has 0 aliphatic rings. The molecule has 0 aromatic heterocycles. The highest BCUT2D eigenvalue weighted by molar-refractivity contribution is 6.40. The third kappa shape index (κ3) is 4.38. The SMILES string of the molecule is O=C(OCCO/C=C\O)C(=O)c1ccccc1. The maximum absolute atomic E-state index is 11.5. The van der Waals surface area contributed by atoms with Gasteiger partial charge in [-0.2, -0.15) is 0 Å². The topological polar surface area (TPSA) is 72.8 Å². The number of rotatable bonds is 6. The maximum Gasteiger partial charge on any atom is 0.379 e. The Kier molecular flexibility index (Phi) is 5.30. The highest BCUT2D eigenvalue weighted by Gasteiger charge is 2.16. The normalized spacial score (nSPS) is 10.1. The van der Waals surface area contributed by atoms with Crippen LogP contribution in [0.15, 0.2) is 42.9 Å². The summed E-state index contributed by atoms with van der Waals surface area (Å²) in [7, 11) is 0. The molecule has 0 saturated heterocycles. The molecular formula is C12H12O5. The molecule has 5 heteroatoms. The number of ketones is 1. The fourth-order valence-electron chi connectivity index (χ4n) is 1.07. The zero-order valence-corrected chi connectivity index (χ0v) is 9.04. The van der Waals surface area contributed by atoms with E-state index in [9.17, 15) is 9.59 Å². The van der Waals surface area contributed by atoms with Crippen LogP contribution in [0.4, 0.5) is 0 Å². The Balaban J connectivity index is 2.36. The first kappa shape index (κ1) is 12.8. The summed E-state index contributed by atoms with van der Waals surface area (Å²) in [6.45, 7) is 0.0205. The monoisotopic (exact) mass is 236 g/mol. The third-order valence-electron chi connectivity index (χ3n) is 1.81. The highest BCUT2D eigenvalue weighted by atomic mass is 16.6. The van der Waals surface area contributed by atoms with Crippen molar-refractivity contribution in [3.05, 3.63) is 48.4 Å². The molecule has 90 valence electrons. The smallest absolute Gasteiger partial charge is 0.379 e. The Labute approximate surface area is 98.3 Å². The van der Waals surface area contributed by atoms with Gasteiger partial charge in [-0.25, -0.2) is 4.79 Å². The Hall–Kier alpha value is -2.30. The molecule has 1 aromatic rings. The van der Waals surface area contributed by atoms with E-state index in [-0.39, 0.29) is 18.8 Å². The molecule has 0 amide bonds. The number of Topliss-reactive ketones (excluding diaryl/α,β-unsaturated/α-hetero) is 1. The molecule has 0 heterocycles. The van der Waals surface area contributed by atoms with Gasteiger partial charge in [-0.3, -0.25) is 4.79 Å². The van der Waals surface area contributed by atoms with Gasteiger partial charge < -0.3 is 14.6 Å². The standard InChI is InChI=1S/C12H12O5/c13-6-7-16-8-9-17-12(15)11(14)10-4-2-1-3-5-10/h1-7,13H,8-9H2/b7-6-. The number of carbonyl (C=O) groups excluding carboxylic acids is 2. The molecule has 0 aliphatic carbocycles. The van der Waals surface area contributed by atoms with Crippen molar-refractivity contribution in [3.63, 3.8) is 0 Å². The predicted octanol–water partition coefficient (Wildman–Crippen LogP) is 1.46. The Morgan fingerprint density at radius 2 is 1.88 bits per heavy atom. The quantitative estimate of drug-likeness (QED) is 0.266. The molecule has 1 rings (SSSR count). The minimum atomic E-state index is -0.923. The molecule has 0 spiro atoms. The second-order valence-electron chi connectivity index (χ2n) is 2.99. The molecule has 17 heavy (non-hydrogen) atoms. The van der Waals surface area contributed by atoms with E-state index >= 15 is 0 Å². The van der Waals surface area contributed by atoms with Crippen molar-refractivity contribution in [3.8, 4) is 0 Å². The van der Waals surface area contributed by atoms with Gasteiger partial charge in [0.1, 0.15) is 25.7 Å². The van der Waals surface area contributed by atoms with Crippen molar-refractivity contribution in [1.82, 2.24) is 0 Å². The number of carbonyl (C=O) groups is 2. The zero-order valence-electron chi connectivity index (χ0n) is 9.04. The summed E-state index contributed by atoms with van der Waals surface area (Å²) < 4.78 is 9.38. The van der Waals surface area contributed by atoms with Crippen LogP contribution in [0.25, 0.3) is 0 Å². The van der Waals surface area contributed by atoms with Crippen LogP contribution < -0.4 is 0 Å². The van der Waals surface area contributed by atoms with E-state index in [1.54, 1.807) is 18.2 Å². The van der Waals surface area contributed by atoms with Crippen molar-refractivity contribution in [2.75, 3.05) is 13.2 Å². The number of hydrogen-bond acceptors (Lipinski definition) is 5. The number of hydrogen-bond donors (Lipinski definition) is 1. The number of benzene rings is 1. The first-order valence-electron chi connectivity index (χ1n) is 4.93. The summed E-state index contributed by atoms with van der Waals surface area (Å²) in [5, 5.41) is 8.24. The number of ether oxygens (including phenoxy) is 2. The van der Waals surface area contributed by atoms with Crippen molar-refractivity contribution in [2.24, 2.45) is 0 Å². The second kappa shape index (κ2) is 7.05. The van der Waals surface area contributed by atoms with Crippen molar-refractivity contribution >= 4 is 11.8 Å². The summed E-state index contributed by atoms with van der Waals surface area (Å²) in [6, 6.07) is 8.14. The highest BCUT2D eigenvalue weighted by Crippen LogP contribution is 2.01. The molecule has 0 fully saturated rings. The van der Waals surface area contributed by atoms with E-state index in [0.717, 1.165) is 12.5 Å². The van der Waals surface area contributed by atoms with E-state index in [1.807, 2.05) is 0 Å². The molecule has 0 unspecified atom stereocenters. The zero-order chi connectivity index (χ0) is 12.5. The van der Waals surface area contributed by atoms with E-state index in [0.29, 0.717) is 0 Å². The minimum absolute atomic E-state index is 0.0538. The lowest BCUT2D eigenvalue weighted by Gasteiger charge is -2.03. The predicted molar refractivity (Wildman–Crippen MR) is 59.5 cm³/mol. The molecule has 1 aromatic carbocycles. The maximum atomic E-state index is 11.5. The van der Waals surface area contributed by atoms with E-state index in [4.69, 9.17) is 9.84 Å². The minimum Gasteiger partial charge on any atom is -0.512 e. The lowest BCUT2D eigenvalue weighted by Crippen LogP contribution is -2.19. The van der Waals surface area contributed by atoms with E-state index < -0.39 is 11.8 Å². The summed E-state index contributed by atoms with van der Waals surface area (Å²) in [5.74, 6) is -1.61. The van der Waals surface area contributed by atoms with Gasteiger partial charge in [0.2, 0.25) is 0 Å². The molecule has 1 N–H and O–H groups in total. The average molecular weight is 236 g/mol. The number of aliphatic hydroxyl groups is 1. The van der Waals surface area contributed by atoms with Crippen LogP contribution in [0.2, 0.25) is 0 Å². The van der Waals surface area contributed by atoms with Gasteiger partial charge in [-0.15, -0.1) is 0 Å². The molecule has 0 atom stereocenters. The lowest BCUT2D eigenvalue weighted by atomic mass is 10.1. The van der Waals surface area contributed by atoms with Crippen molar-refractivity contribution in [1.29, 1.82) is 0 Å². The van der Waals surface area contributed by atoms with Crippen molar-refractivity contribution in [2.45, 2.75) is 0 Å². The van der Waals surface area contributed by atoms with Gasteiger partial charge in [-0.1, -0.05) is 30.3 Å². The first-order chi connectivity index (χ1) is 8.25. The molecule has 0 aliphatic heterocycles. The van der Waals surface area contributed by atoms with Gasteiger partial charge in [-0.05, 0) is 0 Å². The van der Waals surface area contributed by atoms with E-state index in [2.05, 4.69) is 4.74 Å². The third-order valence-corrected chi connectivity index (χ3v) is 1.81. The molecule has 5 nitrogen and oxygen atoms in total. The van der Waals surface area contributed by atoms with Gasteiger partial charge in [0.05, 0.1) is 0 Å². The Bertz CT molecular complexity index is 397. The van der Waals surface area contributed by atoms with Crippen LogP contribution in [0.3, 0.4) is 0 Å². The van der Waals surface area contributed by atoms with E-state index in [1.165, 1.54) is 12.1 Å². The molecule has 0 radical (unpaired) electrons. The van der Waals surface area contributed by atoms with Crippen molar-refractivity contribution < 1.29 is 24.2 Å². The Morgan fingerprint density at radius 1 is 1.18 bits per heavy atom. The number of aliphatic hydroxyl groups excluding tert-OH is 1. The fourth-order valence-corrected chi connectivity index (χ4v) is 1.07. The molecule has 0 bridgehead atoms. The van der Waals surface area contributed by atoms with Crippen LogP contribution in [-0.2, 0) is 14.3 Å².